The van der Waals surface area contributed by atoms with Gasteiger partial charge in [0.2, 0.25) is 0 Å². The van der Waals surface area contributed by atoms with Gasteiger partial charge in [-0.3, -0.25) is 10.1 Å². The van der Waals surface area contributed by atoms with E-state index >= 15 is 0 Å². The van der Waals surface area contributed by atoms with Crippen LogP contribution in [0.1, 0.15) is 36.7 Å². The Morgan fingerprint density at radius 2 is 2.17 bits per heavy atom. The predicted octanol–water partition coefficient (Wildman–Crippen LogP) is 1.58. The molecule has 1 aliphatic rings. The molecule has 2 heterocycles. The molecule has 1 fully saturated rings. The summed E-state index contributed by atoms with van der Waals surface area (Å²) in [6.45, 7) is 6.67. The fourth-order valence-electron chi connectivity index (χ4n) is 3.09. The highest BCUT2D eigenvalue weighted by molar-refractivity contribution is 6.01. The molecule has 9 nitrogen and oxygen atoms in total. The Labute approximate surface area is 169 Å². The van der Waals surface area contributed by atoms with Gasteiger partial charge in [0, 0.05) is 31.6 Å². The van der Waals surface area contributed by atoms with Crippen molar-refractivity contribution in [1.82, 2.24) is 15.2 Å². The monoisotopic (exact) mass is 402 g/mol. The van der Waals surface area contributed by atoms with Crippen LogP contribution in [-0.4, -0.2) is 48.3 Å². The van der Waals surface area contributed by atoms with Crippen LogP contribution in [0, 0.1) is 25.2 Å². The van der Waals surface area contributed by atoms with Crippen LogP contribution in [0.25, 0.3) is 6.08 Å². The molecule has 2 N–H and O–H groups in total. The smallest absolute Gasteiger partial charge is 0.349 e. The molecule has 3 amide bonds. The molecule has 29 heavy (non-hydrogen) atoms. The van der Waals surface area contributed by atoms with Gasteiger partial charge in [0.25, 0.3) is 5.91 Å². The summed E-state index contributed by atoms with van der Waals surface area (Å²) in [4.78, 5) is 35.3. The third kappa shape index (κ3) is 5.68. The topological polar surface area (TPSA) is 122 Å². The maximum absolute atomic E-state index is 12.3. The first-order chi connectivity index (χ1) is 13.8. The number of nitrogens with one attached hydrogen (secondary N) is 2. The van der Waals surface area contributed by atoms with Gasteiger partial charge in [-0.25, -0.2) is 9.59 Å². The molecular weight excluding hydrogens is 376 g/mol. The van der Waals surface area contributed by atoms with Crippen molar-refractivity contribution in [2.75, 3.05) is 13.7 Å². The van der Waals surface area contributed by atoms with E-state index in [1.165, 1.54) is 20.0 Å². The second-order valence-corrected chi connectivity index (χ2v) is 6.86. The second kappa shape index (κ2) is 9.89. The van der Waals surface area contributed by atoms with Gasteiger partial charge >= 0.3 is 12.0 Å². The highest BCUT2D eigenvalue weighted by Gasteiger charge is 2.23. The van der Waals surface area contributed by atoms with Crippen LogP contribution in [-0.2, 0) is 25.6 Å². The Hall–Kier alpha value is -3.12. The van der Waals surface area contributed by atoms with Gasteiger partial charge in [-0.05, 0) is 51.3 Å². The molecule has 0 unspecified atom stereocenters. The third-order valence-electron chi connectivity index (χ3n) is 4.78. The first-order valence-electron chi connectivity index (χ1n) is 9.40. The van der Waals surface area contributed by atoms with Crippen molar-refractivity contribution in [1.29, 1.82) is 5.26 Å². The van der Waals surface area contributed by atoms with E-state index in [2.05, 4.69) is 9.88 Å². The number of imide groups is 1. The molecule has 0 saturated carbocycles. The minimum Gasteiger partial charge on any atom is -0.448 e. The number of carbonyl (C=O) groups excluding carboxylic acids is 3. The van der Waals surface area contributed by atoms with Crippen molar-refractivity contribution in [2.24, 2.45) is 0 Å². The maximum atomic E-state index is 12.3. The molecule has 1 aromatic rings. The van der Waals surface area contributed by atoms with E-state index in [0.29, 0.717) is 6.54 Å². The van der Waals surface area contributed by atoms with Crippen LogP contribution < -0.4 is 10.6 Å². The number of esters is 1. The normalized spacial score (nSPS) is 17.3. The molecule has 0 aliphatic carbocycles. The first kappa shape index (κ1) is 22.2. The lowest BCUT2D eigenvalue weighted by Crippen LogP contribution is -2.43. The number of aryl methyl sites for hydroxylation is 1. The van der Waals surface area contributed by atoms with E-state index in [1.54, 1.807) is 0 Å². The fraction of sp³-hybridized carbons (Fsp3) is 0.500. The average molecular weight is 402 g/mol. The number of amides is 3. The number of nitriles is 1. The molecule has 2 rings (SSSR count). The number of nitrogens with zero attached hydrogens (tertiary/aromatic N) is 2. The lowest BCUT2D eigenvalue weighted by atomic mass is 10.1. The lowest BCUT2D eigenvalue weighted by Gasteiger charge is -2.14. The number of ether oxygens (including phenoxy) is 2. The van der Waals surface area contributed by atoms with Gasteiger partial charge in [0.1, 0.15) is 11.6 Å². The van der Waals surface area contributed by atoms with E-state index in [4.69, 9.17) is 9.47 Å². The quantitative estimate of drug-likeness (QED) is 0.423. The summed E-state index contributed by atoms with van der Waals surface area (Å²) in [5.41, 5.74) is 2.38. The number of rotatable bonds is 6. The van der Waals surface area contributed by atoms with Crippen molar-refractivity contribution in [3.63, 3.8) is 0 Å². The third-order valence-corrected chi connectivity index (χ3v) is 4.78. The van der Waals surface area contributed by atoms with Crippen LogP contribution in [0.5, 0.6) is 0 Å². The Balaban J connectivity index is 2.12. The lowest BCUT2D eigenvalue weighted by molar-refractivity contribution is -0.150. The maximum Gasteiger partial charge on any atom is 0.349 e. The molecule has 1 aliphatic heterocycles. The number of aromatic nitrogens is 1. The Bertz CT molecular complexity index is 859. The molecule has 9 heteroatoms. The largest absolute Gasteiger partial charge is 0.448 e. The van der Waals surface area contributed by atoms with Crippen molar-refractivity contribution in [3.8, 4) is 6.07 Å². The first-order valence-corrected chi connectivity index (χ1v) is 9.40. The van der Waals surface area contributed by atoms with Crippen LogP contribution >= 0.6 is 0 Å². The zero-order valence-corrected chi connectivity index (χ0v) is 17.1. The predicted molar refractivity (Wildman–Crippen MR) is 105 cm³/mol. The highest BCUT2D eigenvalue weighted by Crippen LogP contribution is 2.22. The van der Waals surface area contributed by atoms with Crippen molar-refractivity contribution < 1.29 is 23.9 Å². The van der Waals surface area contributed by atoms with E-state index in [-0.39, 0.29) is 11.7 Å². The van der Waals surface area contributed by atoms with E-state index in [9.17, 15) is 19.6 Å². The van der Waals surface area contributed by atoms with Crippen molar-refractivity contribution >= 4 is 24.0 Å². The molecule has 0 radical (unpaired) electrons. The zero-order valence-electron chi connectivity index (χ0n) is 17.1. The van der Waals surface area contributed by atoms with Crippen molar-refractivity contribution in [3.05, 3.63) is 28.6 Å². The Kier molecular flexibility index (Phi) is 7.56. The molecule has 1 saturated heterocycles. The molecule has 0 bridgehead atoms. The Morgan fingerprint density at radius 3 is 2.76 bits per heavy atom. The number of urea groups is 1. The SMILES string of the molecule is CNC(=O)NC(=O)[C@H](C)OC(=O)/C(C#N)=C/c1cc(C)n(C[C@H]2CCCO2)c1C. The molecule has 0 spiro atoms. The number of carbonyl (C=O) groups is 3. The summed E-state index contributed by atoms with van der Waals surface area (Å²) >= 11 is 0. The van der Waals surface area contributed by atoms with Crippen LogP contribution in [0.3, 0.4) is 0 Å². The minimum absolute atomic E-state index is 0.164. The summed E-state index contributed by atoms with van der Waals surface area (Å²) in [6.07, 6.45) is 2.43. The summed E-state index contributed by atoms with van der Waals surface area (Å²) in [5.74, 6) is -1.72. The van der Waals surface area contributed by atoms with Crippen molar-refractivity contribution in [2.45, 2.75) is 52.4 Å². The van der Waals surface area contributed by atoms with Gasteiger partial charge in [0.05, 0.1) is 6.10 Å². The number of hydrogen-bond donors (Lipinski definition) is 2. The fourth-order valence-corrected chi connectivity index (χ4v) is 3.09. The van der Waals surface area contributed by atoms with E-state index in [1.807, 2.05) is 31.3 Å². The molecular formula is C20H26N4O5. The minimum atomic E-state index is -1.23. The van der Waals surface area contributed by atoms with Crippen LogP contribution in [0.15, 0.2) is 11.6 Å². The summed E-state index contributed by atoms with van der Waals surface area (Å²) in [5, 5.41) is 13.6. The average Bonchev–Trinajstić information content (AvgIpc) is 3.29. The Morgan fingerprint density at radius 1 is 1.45 bits per heavy atom. The molecule has 1 aromatic heterocycles. The summed E-state index contributed by atoms with van der Waals surface area (Å²) in [6, 6.07) is 2.99. The van der Waals surface area contributed by atoms with Crippen LogP contribution in [0.4, 0.5) is 4.79 Å². The summed E-state index contributed by atoms with van der Waals surface area (Å²) < 4.78 is 12.8. The molecule has 156 valence electrons. The van der Waals surface area contributed by atoms with Gasteiger partial charge in [0.15, 0.2) is 6.10 Å². The summed E-state index contributed by atoms with van der Waals surface area (Å²) in [7, 11) is 1.35. The number of hydrogen-bond acceptors (Lipinski definition) is 6. The molecule has 0 aromatic carbocycles. The molecule has 2 atom stereocenters. The zero-order chi connectivity index (χ0) is 21.6. The van der Waals surface area contributed by atoms with Gasteiger partial charge in [-0.15, -0.1) is 0 Å². The second-order valence-electron chi connectivity index (χ2n) is 6.86. The van der Waals surface area contributed by atoms with E-state index < -0.39 is 24.0 Å². The van der Waals surface area contributed by atoms with Crippen LogP contribution in [0.2, 0.25) is 0 Å². The van der Waals surface area contributed by atoms with Gasteiger partial charge in [-0.1, -0.05) is 0 Å². The van der Waals surface area contributed by atoms with Gasteiger partial charge in [-0.2, -0.15) is 5.26 Å². The van der Waals surface area contributed by atoms with E-state index in [0.717, 1.165) is 36.4 Å². The standard InChI is InChI=1S/C20H26N4O5/c1-12-8-15(13(2)24(12)11-17-6-5-7-28-17)9-16(10-21)19(26)29-14(3)18(25)23-20(27)22-4/h8-9,14,17H,5-7,11H2,1-4H3,(H2,22,23,25,27)/b16-9+/t14-,17+/m0/s1. The highest BCUT2D eigenvalue weighted by atomic mass is 16.5. The van der Waals surface area contributed by atoms with Gasteiger partial charge < -0.3 is 19.4 Å².